The lowest BCUT2D eigenvalue weighted by Crippen LogP contribution is -2.29. The molecular formula is C16H20N2O3. The number of nitrogens with one attached hydrogen (secondary N) is 1. The number of carboxylic acids is 1. The third kappa shape index (κ3) is 2.74. The van der Waals surface area contributed by atoms with E-state index in [0.29, 0.717) is 18.4 Å². The molecular weight excluding hydrogens is 268 g/mol. The van der Waals surface area contributed by atoms with Crippen LogP contribution >= 0.6 is 0 Å². The summed E-state index contributed by atoms with van der Waals surface area (Å²) in [4.78, 5) is 11.5. The Balaban J connectivity index is 1.95. The molecule has 5 nitrogen and oxygen atoms in total. The van der Waals surface area contributed by atoms with Gasteiger partial charge in [-0.2, -0.15) is 0 Å². The molecule has 0 spiro atoms. The Hall–Kier alpha value is -2.01. The van der Waals surface area contributed by atoms with Crippen molar-refractivity contribution in [2.45, 2.75) is 38.4 Å². The normalized spacial score (nSPS) is 15.7. The van der Waals surface area contributed by atoms with Gasteiger partial charge in [-0.25, -0.2) is 4.79 Å². The van der Waals surface area contributed by atoms with Gasteiger partial charge in [0.1, 0.15) is 11.4 Å². The van der Waals surface area contributed by atoms with E-state index in [1.165, 1.54) is 25.7 Å². The summed E-state index contributed by atoms with van der Waals surface area (Å²) in [5.74, 6) is -0.168. The third-order valence-electron chi connectivity index (χ3n) is 4.22. The fourth-order valence-corrected chi connectivity index (χ4v) is 3.06. The van der Waals surface area contributed by atoms with Gasteiger partial charge < -0.3 is 14.4 Å². The lowest BCUT2D eigenvalue weighted by atomic mass is 10.2. The number of benzene rings is 1. The van der Waals surface area contributed by atoms with E-state index in [1.54, 1.807) is 13.2 Å². The summed E-state index contributed by atoms with van der Waals surface area (Å²) in [6, 6.07) is 7.84. The molecule has 1 aliphatic carbocycles. The van der Waals surface area contributed by atoms with Crippen molar-refractivity contribution in [2.75, 3.05) is 7.11 Å². The molecule has 0 saturated heterocycles. The van der Waals surface area contributed by atoms with Crippen molar-refractivity contribution in [2.24, 2.45) is 0 Å². The monoisotopic (exact) mass is 288 g/mol. The molecule has 1 saturated carbocycles. The fraction of sp³-hybridized carbons (Fsp3) is 0.438. The molecule has 2 N–H and O–H groups in total. The summed E-state index contributed by atoms with van der Waals surface area (Å²) < 4.78 is 7.06. The second kappa shape index (κ2) is 5.77. The van der Waals surface area contributed by atoms with Gasteiger partial charge in [-0.15, -0.1) is 0 Å². The van der Waals surface area contributed by atoms with Gasteiger partial charge in [-0.05, 0) is 31.0 Å². The van der Waals surface area contributed by atoms with Crippen molar-refractivity contribution in [1.29, 1.82) is 0 Å². The zero-order chi connectivity index (χ0) is 14.8. The molecule has 1 fully saturated rings. The second-order valence-electron chi connectivity index (χ2n) is 5.53. The predicted molar refractivity (Wildman–Crippen MR) is 80.8 cm³/mol. The Kier molecular flexibility index (Phi) is 3.84. The quantitative estimate of drug-likeness (QED) is 0.888. The molecule has 2 aromatic rings. The van der Waals surface area contributed by atoms with Crippen molar-refractivity contribution in [3.8, 4) is 5.75 Å². The SMILES string of the molecule is COc1ccc2cc(C(=O)O)n(CNC3CCCC3)c2c1. The smallest absolute Gasteiger partial charge is 0.352 e. The first-order valence-corrected chi connectivity index (χ1v) is 7.33. The number of carbonyl (C=O) groups is 1. The highest BCUT2D eigenvalue weighted by molar-refractivity contribution is 5.95. The molecule has 0 amide bonds. The molecule has 3 rings (SSSR count). The Morgan fingerprint density at radius 1 is 1.38 bits per heavy atom. The van der Waals surface area contributed by atoms with Crippen LogP contribution in [0.5, 0.6) is 5.75 Å². The highest BCUT2D eigenvalue weighted by Crippen LogP contribution is 2.25. The number of carboxylic acid groups (broad SMARTS) is 1. The fourth-order valence-electron chi connectivity index (χ4n) is 3.06. The highest BCUT2D eigenvalue weighted by Gasteiger charge is 2.18. The van der Waals surface area contributed by atoms with E-state index in [1.807, 2.05) is 22.8 Å². The molecule has 0 atom stereocenters. The minimum atomic E-state index is -0.904. The first-order valence-electron chi connectivity index (χ1n) is 7.33. The molecule has 1 aromatic heterocycles. The van der Waals surface area contributed by atoms with Gasteiger partial charge in [0.2, 0.25) is 0 Å². The number of hydrogen-bond acceptors (Lipinski definition) is 3. The average Bonchev–Trinajstić information content (AvgIpc) is 3.11. The number of ether oxygens (including phenoxy) is 1. The molecule has 21 heavy (non-hydrogen) atoms. The van der Waals surface area contributed by atoms with Crippen molar-refractivity contribution in [1.82, 2.24) is 9.88 Å². The van der Waals surface area contributed by atoms with Gasteiger partial charge in [0, 0.05) is 17.5 Å². The van der Waals surface area contributed by atoms with Crippen LogP contribution in [0.4, 0.5) is 0 Å². The number of nitrogens with zero attached hydrogens (tertiary/aromatic N) is 1. The molecule has 1 aliphatic rings. The Bertz CT molecular complexity index is 657. The van der Waals surface area contributed by atoms with Gasteiger partial charge in [0.15, 0.2) is 0 Å². The molecule has 0 radical (unpaired) electrons. The molecule has 1 aromatic carbocycles. The second-order valence-corrected chi connectivity index (χ2v) is 5.53. The van der Waals surface area contributed by atoms with Gasteiger partial charge in [-0.1, -0.05) is 12.8 Å². The summed E-state index contributed by atoms with van der Waals surface area (Å²) >= 11 is 0. The minimum Gasteiger partial charge on any atom is -0.497 e. The van der Waals surface area contributed by atoms with Crippen molar-refractivity contribution in [3.05, 3.63) is 30.0 Å². The van der Waals surface area contributed by atoms with E-state index in [0.717, 1.165) is 16.7 Å². The third-order valence-corrected chi connectivity index (χ3v) is 4.22. The summed E-state index contributed by atoms with van der Waals surface area (Å²) in [6.07, 6.45) is 4.85. The van der Waals surface area contributed by atoms with Crippen LogP contribution in [0.25, 0.3) is 10.9 Å². The van der Waals surface area contributed by atoms with Crippen LogP contribution in [0.2, 0.25) is 0 Å². The molecule has 1 heterocycles. The van der Waals surface area contributed by atoms with Crippen LogP contribution in [0.1, 0.15) is 36.2 Å². The minimum absolute atomic E-state index is 0.309. The molecule has 5 heteroatoms. The van der Waals surface area contributed by atoms with E-state index in [-0.39, 0.29) is 0 Å². The average molecular weight is 288 g/mol. The number of aromatic carboxylic acids is 1. The summed E-state index contributed by atoms with van der Waals surface area (Å²) in [5.41, 5.74) is 1.20. The first kappa shape index (κ1) is 13.9. The number of aromatic nitrogens is 1. The molecule has 112 valence electrons. The zero-order valence-electron chi connectivity index (χ0n) is 12.1. The topological polar surface area (TPSA) is 63.5 Å². The van der Waals surface area contributed by atoms with E-state index in [4.69, 9.17) is 4.74 Å². The first-order chi connectivity index (χ1) is 10.2. The Morgan fingerprint density at radius 3 is 2.81 bits per heavy atom. The molecule has 0 unspecified atom stereocenters. The van der Waals surface area contributed by atoms with Gasteiger partial charge in [0.25, 0.3) is 0 Å². The van der Waals surface area contributed by atoms with Crippen LogP contribution in [0.3, 0.4) is 0 Å². The summed E-state index contributed by atoms with van der Waals surface area (Å²) in [5, 5.41) is 13.8. The maximum Gasteiger partial charge on any atom is 0.352 e. The van der Waals surface area contributed by atoms with Gasteiger partial charge in [-0.3, -0.25) is 5.32 Å². The van der Waals surface area contributed by atoms with Crippen molar-refractivity contribution < 1.29 is 14.6 Å². The van der Waals surface area contributed by atoms with Crippen LogP contribution in [-0.4, -0.2) is 28.8 Å². The summed E-state index contributed by atoms with van der Waals surface area (Å²) in [7, 11) is 1.61. The highest BCUT2D eigenvalue weighted by atomic mass is 16.5. The number of rotatable bonds is 5. The Labute approximate surface area is 123 Å². The number of fused-ring (bicyclic) bond motifs is 1. The predicted octanol–water partition coefficient (Wildman–Crippen LogP) is 2.84. The summed E-state index contributed by atoms with van der Waals surface area (Å²) in [6.45, 7) is 0.517. The van der Waals surface area contributed by atoms with E-state index >= 15 is 0 Å². The standard InChI is InChI=1S/C16H20N2O3/c1-21-13-7-6-11-8-15(16(19)20)18(14(11)9-13)10-17-12-4-2-3-5-12/h6-9,12,17H,2-5,10H2,1H3,(H,19,20). The number of methoxy groups -OCH3 is 1. The molecule has 0 bridgehead atoms. The van der Waals surface area contributed by atoms with Crippen molar-refractivity contribution in [3.63, 3.8) is 0 Å². The van der Waals surface area contributed by atoms with E-state index < -0.39 is 5.97 Å². The van der Waals surface area contributed by atoms with Gasteiger partial charge in [0.05, 0.1) is 19.3 Å². The number of hydrogen-bond donors (Lipinski definition) is 2. The largest absolute Gasteiger partial charge is 0.497 e. The Morgan fingerprint density at radius 2 is 2.14 bits per heavy atom. The van der Waals surface area contributed by atoms with E-state index in [9.17, 15) is 9.90 Å². The van der Waals surface area contributed by atoms with Crippen LogP contribution < -0.4 is 10.1 Å². The van der Waals surface area contributed by atoms with Gasteiger partial charge >= 0.3 is 5.97 Å². The van der Waals surface area contributed by atoms with Crippen LogP contribution in [0, 0.1) is 0 Å². The van der Waals surface area contributed by atoms with Crippen LogP contribution in [0.15, 0.2) is 24.3 Å². The molecule has 0 aliphatic heterocycles. The zero-order valence-corrected chi connectivity index (χ0v) is 12.1. The maximum atomic E-state index is 11.5. The lowest BCUT2D eigenvalue weighted by molar-refractivity contribution is 0.0684. The lowest BCUT2D eigenvalue weighted by Gasteiger charge is -2.15. The van der Waals surface area contributed by atoms with E-state index in [2.05, 4.69) is 5.32 Å². The maximum absolute atomic E-state index is 11.5. The van der Waals surface area contributed by atoms with Crippen molar-refractivity contribution >= 4 is 16.9 Å². The van der Waals surface area contributed by atoms with Crippen LogP contribution in [-0.2, 0) is 6.67 Å².